The fraction of sp³-hybridized carbons (Fsp3) is 0.353. The van der Waals surface area contributed by atoms with Gasteiger partial charge in [0.15, 0.2) is 0 Å². The van der Waals surface area contributed by atoms with Gasteiger partial charge < -0.3 is 14.5 Å². The van der Waals surface area contributed by atoms with Crippen molar-refractivity contribution in [1.82, 2.24) is 4.90 Å². The SMILES string of the molecule is CC=CC=CC(=O)N1CCN(c2ccc(OC)cc2)CC1. The number of hydrogen-bond acceptors (Lipinski definition) is 3. The molecule has 0 unspecified atom stereocenters. The number of piperazine rings is 1. The number of ether oxygens (including phenoxy) is 1. The van der Waals surface area contributed by atoms with Crippen LogP contribution in [-0.2, 0) is 4.79 Å². The van der Waals surface area contributed by atoms with Crippen molar-refractivity contribution in [2.24, 2.45) is 0 Å². The minimum Gasteiger partial charge on any atom is -0.497 e. The molecule has 0 aliphatic carbocycles. The Bertz CT molecular complexity index is 512. The van der Waals surface area contributed by atoms with Crippen LogP contribution in [0.3, 0.4) is 0 Å². The molecule has 21 heavy (non-hydrogen) atoms. The van der Waals surface area contributed by atoms with E-state index in [4.69, 9.17) is 4.74 Å². The number of hydrogen-bond donors (Lipinski definition) is 0. The Kier molecular flexibility index (Phi) is 5.43. The van der Waals surface area contributed by atoms with Crippen molar-refractivity contribution >= 4 is 11.6 Å². The van der Waals surface area contributed by atoms with Crippen LogP contribution < -0.4 is 9.64 Å². The van der Waals surface area contributed by atoms with Gasteiger partial charge in [-0.3, -0.25) is 4.79 Å². The van der Waals surface area contributed by atoms with Crippen LogP contribution in [0.4, 0.5) is 5.69 Å². The number of nitrogens with zero attached hydrogens (tertiary/aromatic N) is 2. The summed E-state index contributed by atoms with van der Waals surface area (Å²) in [6.07, 6.45) is 7.19. The maximum absolute atomic E-state index is 12.0. The number of methoxy groups -OCH3 is 1. The molecule has 0 N–H and O–H groups in total. The van der Waals surface area contributed by atoms with Crippen molar-refractivity contribution in [1.29, 1.82) is 0 Å². The second-order valence-corrected chi connectivity index (χ2v) is 4.90. The number of amides is 1. The highest BCUT2D eigenvalue weighted by Crippen LogP contribution is 2.20. The third-order valence-corrected chi connectivity index (χ3v) is 3.57. The second-order valence-electron chi connectivity index (χ2n) is 4.90. The molecule has 1 aromatic carbocycles. The van der Waals surface area contributed by atoms with E-state index in [9.17, 15) is 4.79 Å². The molecule has 1 saturated heterocycles. The number of anilines is 1. The third kappa shape index (κ3) is 4.12. The van der Waals surface area contributed by atoms with Gasteiger partial charge in [0.2, 0.25) is 5.91 Å². The maximum atomic E-state index is 12.0. The molecular formula is C17H22N2O2. The lowest BCUT2D eigenvalue weighted by molar-refractivity contribution is -0.126. The highest BCUT2D eigenvalue weighted by molar-refractivity contribution is 5.88. The molecule has 1 heterocycles. The Morgan fingerprint density at radius 3 is 2.33 bits per heavy atom. The van der Waals surface area contributed by atoms with E-state index in [1.54, 1.807) is 19.3 Å². The zero-order valence-electron chi connectivity index (χ0n) is 12.7. The largest absolute Gasteiger partial charge is 0.497 e. The smallest absolute Gasteiger partial charge is 0.246 e. The summed E-state index contributed by atoms with van der Waals surface area (Å²) in [5.74, 6) is 0.948. The van der Waals surface area contributed by atoms with Crippen molar-refractivity contribution in [3.05, 3.63) is 48.6 Å². The van der Waals surface area contributed by atoms with E-state index in [2.05, 4.69) is 17.0 Å². The number of carbonyl (C=O) groups excluding carboxylic acids is 1. The Balaban J connectivity index is 1.88. The Morgan fingerprint density at radius 1 is 1.10 bits per heavy atom. The third-order valence-electron chi connectivity index (χ3n) is 3.57. The quantitative estimate of drug-likeness (QED) is 0.630. The van der Waals surface area contributed by atoms with Crippen LogP contribution in [0.5, 0.6) is 5.75 Å². The van der Waals surface area contributed by atoms with Gasteiger partial charge in [-0.2, -0.15) is 0 Å². The Morgan fingerprint density at radius 2 is 1.76 bits per heavy atom. The molecule has 112 valence electrons. The van der Waals surface area contributed by atoms with Crippen LogP contribution in [0.1, 0.15) is 6.92 Å². The summed E-state index contributed by atoms with van der Waals surface area (Å²) in [4.78, 5) is 16.1. The molecular weight excluding hydrogens is 264 g/mol. The summed E-state index contributed by atoms with van der Waals surface area (Å²) in [6.45, 7) is 5.16. The molecule has 4 nitrogen and oxygen atoms in total. The van der Waals surface area contributed by atoms with Gasteiger partial charge in [-0.15, -0.1) is 0 Å². The Hall–Kier alpha value is -2.23. The van der Waals surface area contributed by atoms with E-state index < -0.39 is 0 Å². The Labute approximate surface area is 126 Å². The topological polar surface area (TPSA) is 32.8 Å². The van der Waals surface area contributed by atoms with Gasteiger partial charge >= 0.3 is 0 Å². The monoisotopic (exact) mass is 286 g/mol. The summed E-state index contributed by atoms with van der Waals surface area (Å²) < 4.78 is 5.17. The first-order valence-electron chi connectivity index (χ1n) is 7.22. The second kappa shape index (κ2) is 7.53. The predicted molar refractivity (Wildman–Crippen MR) is 85.7 cm³/mol. The first kappa shape index (κ1) is 15.2. The van der Waals surface area contributed by atoms with Gasteiger partial charge in [0.25, 0.3) is 0 Å². The van der Waals surface area contributed by atoms with E-state index in [1.165, 1.54) is 5.69 Å². The highest BCUT2D eigenvalue weighted by atomic mass is 16.5. The standard InChI is InChI=1S/C17H22N2O2/c1-3-4-5-6-17(20)19-13-11-18(12-14-19)15-7-9-16(21-2)10-8-15/h3-10H,11-14H2,1-2H3. The van der Waals surface area contributed by atoms with E-state index in [0.717, 1.165) is 31.9 Å². The average Bonchev–Trinajstić information content (AvgIpc) is 2.55. The van der Waals surface area contributed by atoms with Crippen LogP contribution >= 0.6 is 0 Å². The fourth-order valence-corrected chi connectivity index (χ4v) is 2.33. The highest BCUT2D eigenvalue weighted by Gasteiger charge is 2.19. The molecule has 1 fully saturated rings. The molecule has 1 aliphatic rings. The molecule has 4 heteroatoms. The van der Waals surface area contributed by atoms with Gasteiger partial charge in [0.05, 0.1) is 7.11 Å². The number of benzene rings is 1. The van der Waals surface area contributed by atoms with E-state index in [-0.39, 0.29) is 5.91 Å². The lowest BCUT2D eigenvalue weighted by atomic mass is 10.2. The molecule has 2 rings (SSSR count). The molecule has 0 atom stereocenters. The summed E-state index contributed by atoms with van der Waals surface area (Å²) in [6, 6.07) is 8.05. The summed E-state index contributed by atoms with van der Waals surface area (Å²) in [5, 5.41) is 0. The molecule has 0 saturated carbocycles. The van der Waals surface area contributed by atoms with Crippen molar-refractivity contribution in [2.45, 2.75) is 6.92 Å². The van der Waals surface area contributed by atoms with Crippen molar-refractivity contribution in [3.8, 4) is 5.75 Å². The van der Waals surface area contributed by atoms with Gasteiger partial charge in [0, 0.05) is 37.9 Å². The fourth-order valence-electron chi connectivity index (χ4n) is 2.33. The number of rotatable bonds is 4. The van der Waals surface area contributed by atoms with Crippen LogP contribution in [0.15, 0.2) is 48.6 Å². The normalized spacial score (nSPS) is 15.9. The number of allylic oxidation sites excluding steroid dienone is 3. The molecule has 0 bridgehead atoms. The predicted octanol–water partition coefficient (Wildman–Crippen LogP) is 2.48. The van der Waals surface area contributed by atoms with Gasteiger partial charge in [-0.1, -0.05) is 18.2 Å². The minimum absolute atomic E-state index is 0.0856. The molecule has 1 amide bonds. The van der Waals surface area contributed by atoms with Gasteiger partial charge in [0.1, 0.15) is 5.75 Å². The van der Waals surface area contributed by atoms with E-state index in [0.29, 0.717) is 0 Å². The minimum atomic E-state index is 0.0856. The molecule has 0 spiro atoms. The maximum Gasteiger partial charge on any atom is 0.246 e. The molecule has 0 aromatic heterocycles. The lowest BCUT2D eigenvalue weighted by Crippen LogP contribution is -2.48. The van der Waals surface area contributed by atoms with Crippen molar-refractivity contribution < 1.29 is 9.53 Å². The van der Waals surface area contributed by atoms with Crippen molar-refractivity contribution in [3.63, 3.8) is 0 Å². The van der Waals surface area contributed by atoms with Crippen molar-refractivity contribution in [2.75, 3.05) is 38.2 Å². The first-order chi connectivity index (χ1) is 10.2. The summed E-state index contributed by atoms with van der Waals surface area (Å²) >= 11 is 0. The zero-order valence-corrected chi connectivity index (χ0v) is 12.7. The lowest BCUT2D eigenvalue weighted by Gasteiger charge is -2.35. The van der Waals surface area contributed by atoms with Gasteiger partial charge in [-0.05, 0) is 31.2 Å². The first-order valence-corrected chi connectivity index (χ1v) is 7.22. The van der Waals surface area contributed by atoms with Crippen LogP contribution in [-0.4, -0.2) is 44.1 Å². The van der Waals surface area contributed by atoms with E-state index in [1.807, 2.05) is 36.1 Å². The molecule has 0 radical (unpaired) electrons. The van der Waals surface area contributed by atoms with Crippen LogP contribution in [0, 0.1) is 0 Å². The van der Waals surface area contributed by atoms with E-state index >= 15 is 0 Å². The van der Waals surface area contributed by atoms with Crippen LogP contribution in [0.25, 0.3) is 0 Å². The number of carbonyl (C=O) groups is 1. The molecule has 1 aromatic rings. The summed E-state index contributed by atoms with van der Waals surface area (Å²) in [7, 11) is 1.67. The average molecular weight is 286 g/mol. The zero-order chi connectivity index (χ0) is 15.1. The summed E-state index contributed by atoms with van der Waals surface area (Å²) in [5.41, 5.74) is 1.17. The van der Waals surface area contributed by atoms with Crippen LogP contribution in [0.2, 0.25) is 0 Å². The van der Waals surface area contributed by atoms with Gasteiger partial charge in [-0.25, -0.2) is 0 Å². The molecule has 1 aliphatic heterocycles.